The Bertz CT molecular complexity index is 575. The van der Waals surface area contributed by atoms with Crippen LogP contribution >= 0.6 is 34.5 Å². The number of aromatic nitrogens is 1. The lowest BCUT2D eigenvalue weighted by atomic mass is 10.1. The SMILES string of the molecule is O=C(NC[C@H](O)c1ccc(Cl)cc1Cl)c1cscn1. The lowest BCUT2D eigenvalue weighted by Crippen LogP contribution is -2.28. The normalized spacial score (nSPS) is 12.2. The zero-order valence-corrected chi connectivity index (χ0v) is 12.0. The number of benzene rings is 1. The van der Waals surface area contributed by atoms with Gasteiger partial charge in [0.15, 0.2) is 0 Å². The molecule has 2 N–H and O–H groups in total. The van der Waals surface area contributed by atoms with Crippen LogP contribution in [0.1, 0.15) is 22.2 Å². The standard InChI is InChI=1S/C12H10Cl2N2O2S/c13-7-1-2-8(9(14)3-7)11(17)4-15-12(18)10-5-19-6-16-10/h1-3,5-6,11,17H,4H2,(H,15,18)/t11-/m0/s1. The average Bonchev–Trinajstić information content (AvgIpc) is 2.89. The van der Waals surface area contributed by atoms with Crippen LogP contribution in [-0.4, -0.2) is 22.5 Å². The Labute approximate surface area is 124 Å². The van der Waals surface area contributed by atoms with Crippen molar-refractivity contribution in [2.45, 2.75) is 6.10 Å². The molecule has 1 atom stereocenters. The van der Waals surface area contributed by atoms with Gasteiger partial charge in [0.2, 0.25) is 0 Å². The minimum Gasteiger partial charge on any atom is -0.387 e. The van der Waals surface area contributed by atoms with Crippen LogP contribution in [0.5, 0.6) is 0 Å². The summed E-state index contributed by atoms with van der Waals surface area (Å²) in [4.78, 5) is 15.5. The van der Waals surface area contributed by atoms with Crippen LogP contribution in [0.2, 0.25) is 10.0 Å². The minimum absolute atomic E-state index is 0.0533. The summed E-state index contributed by atoms with van der Waals surface area (Å²) in [7, 11) is 0. The molecule has 7 heteroatoms. The molecule has 0 spiro atoms. The summed E-state index contributed by atoms with van der Waals surface area (Å²) in [5.74, 6) is -0.328. The average molecular weight is 317 g/mol. The van der Waals surface area contributed by atoms with E-state index in [-0.39, 0.29) is 12.5 Å². The van der Waals surface area contributed by atoms with Gasteiger partial charge in [0.1, 0.15) is 5.69 Å². The summed E-state index contributed by atoms with van der Waals surface area (Å²) >= 11 is 13.1. The summed E-state index contributed by atoms with van der Waals surface area (Å²) in [6, 6.07) is 4.81. The largest absolute Gasteiger partial charge is 0.387 e. The van der Waals surface area contributed by atoms with E-state index in [1.165, 1.54) is 11.3 Å². The Morgan fingerprint density at radius 1 is 1.47 bits per heavy atom. The fourth-order valence-corrected chi connectivity index (χ4v) is 2.55. The van der Waals surface area contributed by atoms with Crippen LogP contribution in [0.3, 0.4) is 0 Å². The highest BCUT2D eigenvalue weighted by Crippen LogP contribution is 2.25. The molecule has 0 unspecified atom stereocenters. The molecular weight excluding hydrogens is 307 g/mol. The fraction of sp³-hybridized carbons (Fsp3) is 0.167. The quantitative estimate of drug-likeness (QED) is 0.911. The smallest absolute Gasteiger partial charge is 0.270 e. The van der Waals surface area contributed by atoms with Gasteiger partial charge < -0.3 is 10.4 Å². The second kappa shape index (κ2) is 6.34. The number of amides is 1. The van der Waals surface area contributed by atoms with E-state index in [4.69, 9.17) is 23.2 Å². The van der Waals surface area contributed by atoms with Gasteiger partial charge in [-0.1, -0.05) is 29.3 Å². The first-order chi connectivity index (χ1) is 9.08. The maximum absolute atomic E-state index is 11.6. The molecule has 0 bridgehead atoms. The molecule has 1 aromatic heterocycles. The fourth-order valence-electron chi connectivity index (χ4n) is 1.49. The number of rotatable bonds is 4. The van der Waals surface area contributed by atoms with E-state index >= 15 is 0 Å². The third-order valence-electron chi connectivity index (χ3n) is 2.44. The van der Waals surface area contributed by atoms with Gasteiger partial charge in [0, 0.05) is 27.5 Å². The maximum atomic E-state index is 11.6. The summed E-state index contributed by atoms with van der Waals surface area (Å²) in [6.45, 7) is 0.0533. The van der Waals surface area contributed by atoms with E-state index in [9.17, 15) is 9.90 Å². The predicted octanol–water partition coefficient (Wildman–Crippen LogP) is 2.91. The molecule has 0 fully saturated rings. The lowest BCUT2D eigenvalue weighted by Gasteiger charge is -2.13. The van der Waals surface area contributed by atoms with Gasteiger partial charge in [-0.25, -0.2) is 4.98 Å². The molecule has 2 aromatic rings. The molecule has 0 saturated heterocycles. The Morgan fingerprint density at radius 2 is 2.26 bits per heavy atom. The van der Waals surface area contributed by atoms with E-state index < -0.39 is 6.10 Å². The van der Waals surface area contributed by atoms with Crippen molar-refractivity contribution in [3.63, 3.8) is 0 Å². The molecule has 1 heterocycles. The van der Waals surface area contributed by atoms with Gasteiger partial charge in [0.25, 0.3) is 5.91 Å². The first-order valence-electron chi connectivity index (χ1n) is 5.37. The van der Waals surface area contributed by atoms with Gasteiger partial charge >= 0.3 is 0 Å². The van der Waals surface area contributed by atoms with Gasteiger partial charge in [-0.3, -0.25) is 4.79 Å². The zero-order valence-electron chi connectivity index (χ0n) is 9.64. The number of thiazole rings is 1. The van der Waals surface area contributed by atoms with Gasteiger partial charge in [0.05, 0.1) is 11.6 Å². The van der Waals surface area contributed by atoms with Crippen molar-refractivity contribution in [3.8, 4) is 0 Å². The third kappa shape index (κ3) is 3.67. The van der Waals surface area contributed by atoms with Crippen molar-refractivity contribution in [2.24, 2.45) is 0 Å². The van der Waals surface area contributed by atoms with E-state index in [1.54, 1.807) is 29.1 Å². The van der Waals surface area contributed by atoms with Crippen molar-refractivity contribution in [2.75, 3.05) is 6.54 Å². The van der Waals surface area contributed by atoms with Crippen LogP contribution in [0.25, 0.3) is 0 Å². The summed E-state index contributed by atoms with van der Waals surface area (Å²) in [6.07, 6.45) is -0.896. The number of aliphatic hydroxyl groups is 1. The highest BCUT2D eigenvalue weighted by molar-refractivity contribution is 7.07. The molecule has 0 aliphatic rings. The Morgan fingerprint density at radius 3 is 2.89 bits per heavy atom. The predicted molar refractivity (Wildman–Crippen MR) is 75.9 cm³/mol. The van der Waals surface area contributed by atoms with Crippen molar-refractivity contribution in [1.29, 1.82) is 0 Å². The molecule has 100 valence electrons. The number of carbonyl (C=O) groups is 1. The number of aliphatic hydroxyl groups excluding tert-OH is 1. The van der Waals surface area contributed by atoms with Gasteiger partial charge in [-0.15, -0.1) is 11.3 Å². The topological polar surface area (TPSA) is 62.2 Å². The van der Waals surface area contributed by atoms with E-state index in [1.807, 2.05) is 0 Å². The minimum atomic E-state index is -0.896. The first-order valence-corrected chi connectivity index (χ1v) is 7.07. The monoisotopic (exact) mass is 316 g/mol. The number of hydrogen-bond acceptors (Lipinski definition) is 4. The zero-order chi connectivity index (χ0) is 13.8. The molecule has 0 radical (unpaired) electrons. The Hall–Kier alpha value is -1.14. The molecule has 4 nitrogen and oxygen atoms in total. The van der Waals surface area contributed by atoms with E-state index in [0.717, 1.165) is 0 Å². The lowest BCUT2D eigenvalue weighted by molar-refractivity contribution is 0.0912. The second-order valence-electron chi connectivity index (χ2n) is 3.77. The summed E-state index contributed by atoms with van der Waals surface area (Å²) < 4.78 is 0. The van der Waals surface area contributed by atoms with Crippen molar-refractivity contribution < 1.29 is 9.90 Å². The number of halogens is 2. The molecule has 0 aliphatic heterocycles. The van der Waals surface area contributed by atoms with E-state index in [0.29, 0.717) is 21.3 Å². The maximum Gasteiger partial charge on any atom is 0.270 e. The molecule has 2 rings (SSSR count). The summed E-state index contributed by atoms with van der Waals surface area (Å²) in [5, 5.41) is 15.1. The Balaban J connectivity index is 1.98. The van der Waals surface area contributed by atoms with Crippen LogP contribution in [0.4, 0.5) is 0 Å². The Kier molecular flexibility index (Phi) is 4.76. The highest BCUT2D eigenvalue weighted by Gasteiger charge is 2.14. The molecule has 0 saturated carbocycles. The van der Waals surface area contributed by atoms with Gasteiger partial charge in [-0.2, -0.15) is 0 Å². The molecule has 1 aromatic carbocycles. The molecule has 1 amide bonds. The molecular formula is C12H10Cl2N2O2S. The third-order valence-corrected chi connectivity index (χ3v) is 3.59. The number of carbonyl (C=O) groups excluding carboxylic acids is 1. The molecule has 19 heavy (non-hydrogen) atoms. The highest BCUT2D eigenvalue weighted by atomic mass is 35.5. The first kappa shape index (κ1) is 14.3. The molecule has 0 aliphatic carbocycles. The number of nitrogens with one attached hydrogen (secondary N) is 1. The second-order valence-corrected chi connectivity index (χ2v) is 5.33. The summed E-state index contributed by atoms with van der Waals surface area (Å²) in [5.41, 5.74) is 2.42. The van der Waals surface area contributed by atoms with E-state index in [2.05, 4.69) is 10.3 Å². The van der Waals surface area contributed by atoms with Crippen LogP contribution < -0.4 is 5.32 Å². The number of nitrogens with zero attached hydrogens (tertiary/aromatic N) is 1. The van der Waals surface area contributed by atoms with Crippen molar-refractivity contribution in [3.05, 3.63) is 50.4 Å². The number of hydrogen-bond donors (Lipinski definition) is 2. The van der Waals surface area contributed by atoms with Crippen molar-refractivity contribution in [1.82, 2.24) is 10.3 Å². The van der Waals surface area contributed by atoms with Crippen LogP contribution in [0, 0.1) is 0 Å². The van der Waals surface area contributed by atoms with Crippen LogP contribution in [-0.2, 0) is 0 Å². The van der Waals surface area contributed by atoms with Gasteiger partial charge in [-0.05, 0) is 12.1 Å². The van der Waals surface area contributed by atoms with Crippen LogP contribution in [0.15, 0.2) is 29.1 Å². The van der Waals surface area contributed by atoms with Crippen molar-refractivity contribution >= 4 is 40.4 Å².